The van der Waals surface area contributed by atoms with Gasteiger partial charge >= 0.3 is 0 Å². The second-order valence-corrected chi connectivity index (χ2v) is 8.71. The quantitative estimate of drug-likeness (QED) is 0.797. The van der Waals surface area contributed by atoms with Crippen LogP contribution in [0.4, 0.5) is 0 Å². The van der Waals surface area contributed by atoms with E-state index in [0.29, 0.717) is 36.5 Å². The van der Waals surface area contributed by atoms with E-state index in [4.69, 9.17) is 0 Å². The van der Waals surface area contributed by atoms with Gasteiger partial charge in [0.05, 0.1) is 11.5 Å². The Bertz CT molecular complexity index is 714. The van der Waals surface area contributed by atoms with Crippen LogP contribution in [0.3, 0.4) is 0 Å². The molecule has 0 aliphatic carbocycles. The van der Waals surface area contributed by atoms with E-state index in [9.17, 15) is 9.59 Å². The number of nitrogens with zero attached hydrogens (tertiary/aromatic N) is 5. The number of carbonyl (C=O) groups is 2. The lowest BCUT2D eigenvalue weighted by atomic mass is 9.75. The molecular formula is C20H29N5O2. The molecular weight excluding hydrogens is 342 g/mol. The maximum absolute atomic E-state index is 12.9. The minimum absolute atomic E-state index is 0.0383. The fourth-order valence-corrected chi connectivity index (χ4v) is 5.44. The molecule has 1 spiro atoms. The molecule has 0 radical (unpaired) electrons. The van der Waals surface area contributed by atoms with Crippen LogP contribution in [-0.2, 0) is 4.79 Å². The lowest BCUT2D eigenvalue weighted by molar-refractivity contribution is -0.133. The monoisotopic (exact) mass is 371 g/mol. The van der Waals surface area contributed by atoms with Crippen LogP contribution < -0.4 is 0 Å². The molecule has 3 aliphatic rings. The highest BCUT2D eigenvalue weighted by molar-refractivity contribution is 5.92. The van der Waals surface area contributed by atoms with Crippen molar-refractivity contribution in [3.8, 4) is 0 Å². The second kappa shape index (κ2) is 6.86. The fraction of sp³-hybridized carbons (Fsp3) is 0.700. The van der Waals surface area contributed by atoms with Crippen LogP contribution in [0.2, 0.25) is 0 Å². The van der Waals surface area contributed by atoms with Crippen LogP contribution in [0, 0.1) is 17.8 Å². The first-order valence-electron chi connectivity index (χ1n) is 9.97. The van der Waals surface area contributed by atoms with Gasteiger partial charge in [-0.05, 0) is 24.8 Å². The summed E-state index contributed by atoms with van der Waals surface area (Å²) in [5.41, 5.74) is 0.342. The number of hydrogen-bond acceptors (Lipinski definition) is 5. The zero-order chi connectivity index (χ0) is 19.2. The molecule has 4 heterocycles. The minimum Gasteiger partial charge on any atom is -0.339 e. The second-order valence-electron chi connectivity index (χ2n) is 8.71. The Kier molecular flexibility index (Phi) is 4.66. The van der Waals surface area contributed by atoms with Gasteiger partial charge in [0.1, 0.15) is 12.0 Å². The van der Waals surface area contributed by atoms with Crippen molar-refractivity contribution in [3.05, 3.63) is 24.3 Å². The topological polar surface area (TPSA) is 69.6 Å². The molecule has 0 aromatic carbocycles. The smallest absolute Gasteiger partial charge is 0.272 e. The number of rotatable bonds is 3. The van der Waals surface area contributed by atoms with E-state index < -0.39 is 0 Å². The van der Waals surface area contributed by atoms with E-state index in [1.54, 1.807) is 12.3 Å². The van der Waals surface area contributed by atoms with Crippen LogP contribution in [0.1, 0.15) is 37.2 Å². The molecule has 0 saturated carbocycles. The number of amides is 2. The molecule has 146 valence electrons. The van der Waals surface area contributed by atoms with Gasteiger partial charge in [-0.2, -0.15) is 0 Å². The molecule has 7 nitrogen and oxygen atoms in total. The molecule has 27 heavy (non-hydrogen) atoms. The Labute approximate surface area is 160 Å². The van der Waals surface area contributed by atoms with E-state index >= 15 is 0 Å². The summed E-state index contributed by atoms with van der Waals surface area (Å²) >= 11 is 0. The molecule has 1 aromatic rings. The molecule has 2 atom stereocenters. The van der Waals surface area contributed by atoms with Crippen molar-refractivity contribution in [1.82, 2.24) is 24.7 Å². The maximum atomic E-state index is 12.9. The third kappa shape index (κ3) is 3.02. The van der Waals surface area contributed by atoms with Gasteiger partial charge in [0.15, 0.2) is 0 Å². The summed E-state index contributed by atoms with van der Waals surface area (Å²) in [7, 11) is 1.97. The molecule has 3 fully saturated rings. The van der Waals surface area contributed by atoms with E-state index in [-0.39, 0.29) is 17.4 Å². The molecule has 0 N–H and O–H groups in total. The van der Waals surface area contributed by atoms with Gasteiger partial charge in [0, 0.05) is 51.9 Å². The van der Waals surface area contributed by atoms with Gasteiger partial charge in [0.25, 0.3) is 5.91 Å². The Morgan fingerprint density at radius 1 is 1.30 bits per heavy atom. The molecule has 7 heteroatoms. The van der Waals surface area contributed by atoms with E-state index in [1.165, 1.54) is 6.33 Å². The van der Waals surface area contributed by atoms with Crippen LogP contribution in [0.5, 0.6) is 0 Å². The van der Waals surface area contributed by atoms with E-state index in [1.807, 2.05) is 16.8 Å². The van der Waals surface area contributed by atoms with Crippen molar-refractivity contribution >= 4 is 11.8 Å². The van der Waals surface area contributed by atoms with Gasteiger partial charge < -0.3 is 14.7 Å². The average molecular weight is 371 g/mol. The molecule has 0 bridgehead atoms. The van der Waals surface area contributed by atoms with Crippen molar-refractivity contribution in [2.75, 3.05) is 39.8 Å². The zero-order valence-electron chi connectivity index (χ0n) is 16.5. The third-order valence-electron chi connectivity index (χ3n) is 6.74. The van der Waals surface area contributed by atoms with Gasteiger partial charge in [-0.15, -0.1) is 0 Å². The first-order valence-corrected chi connectivity index (χ1v) is 9.97. The maximum Gasteiger partial charge on any atom is 0.272 e. The molecule has 2 amide bonds. The first-order chi connectivity index (χ1) is 12.9. The lowest BCUT2D eigenvalue weighted by Gasteiger charge is -2.46. The summed E-state index contributed by atoms with van der Waals surface area (Å²) in [6.45, 7) is 8.75. The molecule has 1 aromatic heterocycles. The Balaban J connectivity index is 1.48. The van der Waals surface area contributed by atoms with Crippen molar-refractivity contribution in [1.29, 1.82) is 0 Å². The molecule has 3 saturated heterocycles. The number of likely N-dealkylation sites (tertiary alicyclic amines) is 3. The largest absolute Gasteiger partial charge is 0.339 e. The van der Waals surface area contributed by atoms with Crippen LogP contribution in [0.15, 0.2) is 18.6 Å². The van der Waals surface area contributed by atoms with Crippen LogP contribution >= 0.6 is 0 Å². The Morgan fingerprint density at radius 2 is 2.04 bits per heavy atom. The van der Waals surface area contributed by atoms with Gasteiger partial charge in [-0.3, -0.25) is 9.59 Å². The van der Waals surface area contributed by atoms with Gasteiger partial charge in [-0.1, -0.05) is 13.8 Å². The van der Waals surface area contributed by atoms with E-state index in [0.717, 1.165) is 32.5 Å². The summed E-state index contributed by atoms with van der Waals surface area (Å²) in [5, 5.41) is 0. The predicted molar refractivity (Wildman–Crippen MR) is 101 cm³/mol. The summed E-state index contributed by atoms with van der Waals surface area (Å²) in [4.78, 5) is 40.0. The summed E-state index contributed by atoms with van der Waals surface area (Å²) in [6, 6.07) is 1.66. The highest BCUT2D eigenvalue weighted by atomic mass is 16.2. The summed E-state index contributed by atoms with van der Waals surface area (Å²) in [6.07, 6.45) is 4.71. The third-order valence-corrected chi connectivity index (χ3v) is 6.74. The zero-order valence-corrected chi connectivity index (χ0v) is 16.5. The van der Waals surface area contributed by atoms with Crippen molar-refractivity contribution < 1.29 is 9.59 Å². The average Bonchev–Trinajstić information content (AvgIpc) is 3.16. The lowest BCUT2D eigenvalue weighted by Crippen LogP contribution is -2.56. The number of aromatic nitrogens is 2. The fourth-order valence-electron chi connectivity index (χ4n) is 5.44. The Hall–Kier alpha value is -2.02. The highest BCUT2D eigenvalue weighted by Gasteiger charge is 2.60. The number of piperidine rings is 1. The number of fused-ring (bicyclic) bond motifs is 2. The SMILES string of the molecule is CC(C)CN1C[C@H]2C(=O)N(C)C3(CCN(C(=O)c4ccncn4)CC3)[C@H]2C1. The van der Waals surface area contributed by atoms with Crippen LogP contribution in [0.25, 0.3) is 0 Å². The number of carbonyl (C=O) groups excluding carboxylic acids is 2. The number of hydrogen-bond donors (Lipinski definition) is 0. The predicted octanol–water partition coefficient (Wildman–Crippen LogP) is 1.13. The minimum atomic E-state index is -0.101. The van der Waals surface area contributed by atoms with Crippen molar-refractivity contribution in [2.24, 2.45) is 17.8 Å². The molecule has 0 unspecified atom stereocenters. The summed E-state index contributed by atoms with van der Waals surface area (Å²) in [5.74, 6) is 1.37. The Morgan fingerprint density at radius 3 is 2.67 bits per heavy atom. The highest BCUT2D eigenvalue weighted by Crippen LogP contribution is 2.49. The molecule has 4 rings (SSSR count). The van der Waals surface area contributed by atoms with Crippen LogP contribution in [-0.4, -0.2) is 81.8 Å². The molecule has 3 aliphatic heterocycles. The normalized spacial score (nSPS) is 27.6. The van der Waals surface area contributed by atoms with Crippen molar-refractivity contribution in [3.63, 3.8) is 0 Å². The van der Waals surface area contributed by atoms with E-state index in [2.05, 4.69) is 28.7 Å². The standard InChI is InChI=1S/C20H29N5O2/c1-14(2)10-24-11-15-16(12-24)20(23(3)18(15)26)5-8-25(9-6-20)19(27)17-4-7-21-13-22-17/h4,7,13-16H,5-6,8-12H2,1-3H3/t15-,16+/m1/s1. The summed E-state index contributed by atoms with van der Waals surface area (Å²) < 4.78 is 0. The van der Waals surface area contributed by atoms with Gasteiger partial charge in [0.2, 0.25) is 5.91 Å². The van der Waals surface area contributed by atoms with Crippen molar-refractivity contribution in [2.45, 2.75) is 32.2 Å². The first kappa shape index (κ1) is 18.3. The van der Waals surface area contributed by atoms with Gasteiger partial charge in [-0.25, -0.2) is 9.97 Å².